The monoisotopic (exact) mass is 449 g/mol. The SMILES string of the molecule is CC1COCCN1C(C)C(=O)N(C)c1ccc2cc(-c3n[nH]c4c3CCC(C)(C)C4)[nH]c2c1. The molecule has 0 radical (unpaired) electrons. The second kappa shape index (κ2) is 8.29. The van der Waals surface area contributed by atoms with Crippen LogP contribution in [-0.2, 0) is 22.4 Å². The molecule has 176 valence electrons. The van der Waals surface area contributed by atoms with Crippen molar-refractivity contribution < 1.29 is 9.53 Å². The molecular weight excluding hydrogens is 414 g/mol. The third-order valence-corrected chi connectivity index (χ3v) is 7.51. The minimum absolute atomic E-state index is 0.0962. The highest BCUT2D eigenvalue weighted by Crippen LogP contribution is 2.38. The number of carbonyl (C=O) groups excluding carboxylic acids is 1. The van der Waals surface area contributed by atoms with Crippen molar-refractivity contribution in [2.75, 3.05) is 31.7 Å². The van der Waals surface area contributed by atoms with E-state index in [0.717, 1.165) is 47.4 Å². The quantitative estimate of drug-likeness (QED) is 0.627. The van der Waals surface area contributed by atoms with E-state index in [2.05, 4.69) is 59.1 Å². The van der Waals surface area contributed by atoms with Gasteiger partial charge >= 0.3 is 0 Å². The number of aromatic amines is 2. The van der Waals surface area contributed by atoms with Gasteiger partial charge in [-0.25, -0.2) is 0 Å². The Morgan fingerprint density at radius 2 is 2.15 bits per heavy atom. The van der Waals surface area contributed by atoms with E-state index in [0.29, 0.717) is 18.6 Å². The number of nitrogens with zero attached hydrogens (tertiary/aromatic N) is 3. The summed E-state index contributed by atoms with van der Waals surface area (Å²) in [6.45, 7) is 10.9. The van der Waals surface area contributed by atoms with Gasteiger partial charge in [0.05, 0.1) is 24.9 Å². The molecule has 2 aromatic heterocycles. The van der Waals surface area contributed by atoms with Crippen molar-refractivity contribution in [2.45, 2.75) is 59.0 Å². The fourth-order valence-corrected chi connectivity index (χ4v) is 5.39. The Bertz CT molecular complexity index is 1180. The zero-order chi connectivity index (χ0) is 23.3. The van der Waals surface area contributed by atoms with Crippen LogP contribution in [-0.4, -0.2) is 64.9 Å². The van der Waals surface area contributed by atoms with Crippen molar-refractivity contribution in [3.8, 4) is 11.4 Å². The molecule has 0 spiro atoms. The summed E-state index contributed by atoms with van der Waals surface area (Å²) in [5, 5.41) is 9.06. The number of ether oxygens (including phenoxy) is 1. The van der Waals surface area contributed by atoms with E-state index < -0.39 is 0 Å². The lowest BCUT2D eigenvalue weighted by Crippen LogP contribution is -2.54. The first-order chi connectivity index (χ1) is 15.7. The summed E-state index contributed by atoms with van der Waals surface area (Å²) >= 11 is 0. The second-order valence-electron chi connectivity index (χ2n) is 10.6. The van der Waals surface area contributed by atoms with Gasteiger partial charge in [0.25, 0.3) is 0 Å². The Balaban J connectivity index is 1.39. The van der Waals surface area contributed by atoms with Gasteiger partial charge < -0.3 is 14.6 Å². The molecule has 5 rings (SSSR count). The Kier molecular flexibility index (Phi) is 5.57. The second-order valence-corrected chi connectivity index (χ2v) is 10.6. The van der Waals surface area contributed by atoms with Crippen LogP contribution in [0.25, 0.3) is 22.3 Å². The van der Waals surface area contributed by atoms with E-state index in [1.54, 1.807) is 4.90 Å². The van der Waals surface area contributed by atoms with Crippen LogP contribution < -0.4 is 4.90 Å². The predicted molar refractivity (Wildman–Crippen MR) is 132 cm³/mol. The number of amides is 1. The first kappa shape index (κ1) is 22.2. The van der Waals surface area contributed by atoms with Gasteiger partial charge in [0.2, 0.25) is 5.91 Å². The molecule has 0 bridgehead atoms. The van der Waals surface area contributed by atoms with Crippen molar-refractivity contribution in [3.63, 3.8) is 0 Å². The number of H-pyrrole nitrogens is 2. The molecule has 1 aliphatic carbocycles. The molecule has 2 aliphatic rings. The van der Waals surface area contributed by atoms with Gasteiger partial charge in [-0.1, -0.05) is 19.9 Å². The molecule has 2 unspecified atom stereocenters. The number of aromatic nitrogens is 3. The van der Waals surface area contributed by atoms with E-state index >= 15 is 0 Å². The summed E-state index contributed by atoms with van der Waals surface area (Å²) < 4.78 is 5.53. The standard InChI is InChI=1S/C26H35N5O2/c1-16-15-33-11-10-31(16)17(2)25(32)30(5)19-7-6-18-12-22(27-21(18)13-19)24-20-8-9-26(3,4)14-23(20)28-29-24/h6-7,12-13,16-17,27H,8-11,14-15H2,1-5H3,(H,28,29). The number of nitrogens with one attached hydrogen (secondary N) is 2. The Morgan fingerprint density at radius 1 is 1.33 bits per heavy atom. The van der Waals surface area contributed by atoms with Gasteiger partial charge in [-0.05, 0) is 56.7 Å². The number of fused-ring (bicyclic) bond motifs is 2. The van der Waals surface area contributed by atoms with Gasteiger partial charge in [-0.3, -0.25) is 14.8 Å². The molecule has 7 heteroatoms. The number of likely N-dealkylation sites (N-methyl/N-ethyl adjacent to an activating group) is 1. The third-order valence-electron chi connectivity index (χ3n) is 7.51. The summed E-state index contributed by atoms with van der Waals surface area (Å²) in [6.07, 6.45) is 3.25. The fourth-order valence-electron chi connectivity index (χ4n) is 5.39. The maximum atomic E-state index is 13.2. The molecule has 1 fully saturated rings. The molecule has 2 N–H and O–H groups in total. The number of rotatable bonds is 4. The lowest BCUT2D eigenvalue weighted by molar-refractivity contribution is -0.126. The number of morpholine rings is 1. The number of carbonyl (C=O) groups is 1. The van der Waals surface area contributed by atoms with Gasteiger partial charge in [0.1, 0.15) is 5.69 Å². The van der Waals surface area contributed by atoms with E-state index in [1.165, 1.54) is 17.7 Å². The number of hydrogen-bond donors (Lipinski definition) is 2. The van der Waals surface area contributed by atoms with E-state index in [9.17, 15) is 4.79 Å². The van der Waals surface area contributed by atoms with Crippen molar-refractivity contribution in [1.82, 2.24) is 20.1 Å². The molecule has 1 amide bonds. The van der Waals surface area contributed by atoms with Crippen LogP contribution in [0, 0.1) is 5.41 Å². The molecule has 1 aromatic carbocycles. The smallest absolute Gasteiger partial charge is 0.243 e. The lowest BCUT2D eigenvalue weighted by atomic mass is 9.76. The van der Waals surface area contributed by atoms with E-state index in [4.69, 9.17) is 4.74 Å². The Hall–Kier alpha value is -2.64. The van der Waals surface area contributed by atoms with E-state index in [1.807, 2.05) is 20.0 Å². The van der Waals surface area contributed by atoms with Crippen molar-refractivity contribution >= 4 is 22.5 Å². The van der Waals surface area contributed by atoms with Crippen LogP contribution in [0.3, 0.4) is 0 Å². The molecule has 1 aliphatic heterocycles. The first-order valence-electron chi connectivity index (χ1n) is 12.0. The van der Waals surface area contributed by atoms with Crippen LogP contribution >= 0.6 is 0 Å². The molecular formula is C26H35N5O2. The van der Waals surface area contributed by atoms with Crippen molar-refractivity contribution in [3.05, 3.63) is 35.5 Å². The first-order valence-corrected chi connectivity index (χ1v) is 12.0. The third kappa shape index (κ3) is 4.08. The number of anilines is 1. The largest absolute Gasteiger partial charge is 0.379 e. The number of hydrogen-bond acceptors (Lipinski definition) is 4. The molecule has 3 heterocycles. The molecule has 7 nitrogen and oxygen atoms in total. The normalized spacial score (nSPS) is 21.7. The molecule has 2 atom stereocenters. The van der Waals surface area contributed by atoms with Crippen LogP contribution in [0.2, 0.25) is 0 Å². The van der Waals surface area contributed by atoms with Crippen molar-refractivity contribution in [2.24, 2.45) is 5.41 Å². The topological polar surface area (TPSA) is 77.2 Å². The summed E-state index contributed by atoms with van der Waals surface area (Å²) in [5.41, 5.74) is 6.88. The van der Waals surface area contributed by atoms with Gasteiger partial charge in [0.15, 0.2) is 0 Å². The summed E-state index contributed by atoms with van der Waals surface area (Å²) in [6, 6.07) is 8.38. The average Bonchev–Trinajstić information content (AvgIpc) is 3.39. The lowest BCUT2D eigenvalue weighted by Gasteiger charge is -2.38. The van der Waals surface area contributed by atoms with Crippen LogP contribution in [0.1, 0.15) is 45.4 Å². The molecule has 0 saturated carbocycles. The zero-order valence-electron chi connectivity index (χ0n) is 20.4. The predicted octanol–water partition coefficient (Wildman–Crippen LogP) is 4.14. The van der Waals surface area contributed by atoms with Crippen LogP contribution in [0.4, 0.5) is 5.69 Å². The van der Waals surface area contributed by atoms with Gasteiger partial charge in [0, 0.05) is 47.5 Å². The maximum Gasteiger partial charge on any atom is 0.243 e. The summed E-state index contributed by atoms with van der Waals surface area (Å²) in [7, 11) is 1.86. The Morgan fingerprint density at radius 3 is 2.94 bits per heavy atom. The highest BCUT2D eigenvalue weighted by Gasteiger charge is 2.31. The van der Waals surface area contributed by atoms with Crippen molar-refractivity contribution in [1.29, 1.82) is 0 Å². The average molecular weight is 450 g/mol. The Labute approximate surface area is 195 Å². The van der Waals surface area contributed by atoms with Gasteiger partial charge in [-0.15, -0.1) is 0 Å². The highest BCUT2D eigenvalue weighted by molar-refractivity contribution is 5.99. The van der Waals surface area contributed by atoms with E-state index in [-0.39, 0.29) is 18.0 Å². The highest BCUT2D eigenvalue weighted by atomic mass is 16.5. The zero-order valence-corrected chi connectivity index (χ0v) is 20.4. The summed E-state index contributed by atoms with van der Waals surface area (Å²) in [5.74, 6) is 0.0962. The fraction of sp³-hybridized carbons (Fsp3) is 0.538. The molecule has 3 aromatic rings. The van der Waals surface area contributed by atoms with Crippen LogP contribution in [0.15, 0.2) is 24.3 Å². The minimum Gasteiger partial charge on any atom is -0.379 e. The molecule has 1 saturated heterocycles. The summed E-state index contributed by atoms with van der Waals surface area (Å²) in [4.78, 5) is 20.8. The van der Waals surface area contributed by atoms with Gasteiger partial charge in [-0.2, -0.15) is 5.10 Å². The molecule has 33 heavy (non-hydrogen) atoms. The maximum absolute atomic E-state index is 13.2. The minimum atomic E-state index is -0.191. The van der Waals surface area contributed by atoms with Crippen LogP contribution in [0.5, 0.6) is 0 Å². The number of benzene rings is 1.